The summed E-state index contributed by atoms with van der Waals surface area (Å²) in [6.45, 7) is 13.9. The lowest BCUT2D eigenvalue weighted by Gasteiger charge is -2.42. The lowest BCUT2D eigenvalue weighted by atomic mass is 9.70. The van der Waals surface area contributed by atoms with Gasteiger partial charge in [0.25, 0.3) is 0 Å². The number of ether oxygens (including phenoxy) is 2. The van der Waals surface area contributed by atoms with Gasteiger partial charge >= 0.3 is 5.97 Å². The van der Waals surface area contributed by atoms with Crippen molar-refractivity contribution in [1.82, 2.24) is 15.1 Å². The number of amides is 3. The molecule has 3 aliphatic rings. The summed E-state index contributed by atoms with van der Waals surface area (Å²) in [5.74, 6) is -3.03. The van der Waals surface area contributed by atoms with Crippen molar-refractivity contribution in [2.45, 2.75) is 93.5 Å². The van der Waals surface area contributed by atoms with Gasteiger partial charge in [-0.1, -0.05) is 58.4 Å². The molecule has 3 heterocycles. The van der Waals surface area contributed by atoms with E-state index < -0.39 is 53.0 Å². The number of unbranched alkanes of at least 4 members (excludes halogenated alkanes) is 2. The maximum atomic E-state index is 14.5. The Labute approximate surface area is 280 Å². The Hall–Kier alpha value is -3.02. The van der Waals surface area contributed by atoms with Crippen LogP contribution >= 0.6 is 15.9 Å². The molecule has 1 unspecified atom stereocenters. The molecule has 0 aromatic heterocycles. The van der Waals surface area contributed by atoms with Gasteiger partial charge in [0.15, 0.2) is 0 Å². The van der Waals surface area contributed by atoms with Crippen LogP contribution in [0.4, 0.5) is 0 Å². The molecule has 252 valence electrons. The van der Waals surface area contributed by atoms with Crippen LogP contribution < -0.4 is 5.32 Å². The van der Waals surface area contributed by atoms with Crippen LogP contribution in [0.25, 0.3) is 0 Å². The molecule has 0 saturated carbocycles. The number of esters is 1. The number of aliphatic hydroxyl groups is 1. The van der Waals surface area contributed by atoms with E-state index in [-0.39, 0.29) is 36.3 Å². The van der Waals surface area contributed by atoms with Crippen molar-refractivity contribution in [2.75, 3.05) is 26.3 Å². The second-order valence-corrected chi connectivity index (χ2v) is 14.5. The molecule has 3 fully saturated rings. The number of nitrogens with one attached hydrogen (secondary N) is 1. The average Bonchev–Trinajstić information content (AvgIpc) is 3.61. The highest BCUT2D eigenvalue weighted by atomic mass is 79.9. The van der Waals surface area contributed by atoms with Gasteiger partial charge in [0.05, 0.1) is 24.0 Å². The molecule has 11 heteroatoms. The van der Waals surface area contributed by atoms with Gasteiger partial charge in [-0.15, -0.1) is 13.2 Å². The summed E-state index contributed by atoms with van der Waals surface area (Å²) in [4.78, 5) is 58.6. The van der Waals surface area contributed by atoms with Gasteiger partial charge in [-0.3, -0.25) is 19.2 Å². The van der Waals surface area contributed by atoms with Crippen molar-refractivity contribution in [1.29, 1.82) is 0 Å². The molecule has 3 aliphatic heterocycles. The number of alkyl halides is 1. The summed E-state index contributed by atoms with van der Waals surface area (Å²) in [7, 11) is 0. The van der Waals surface area contributed by atoms with Crippen LogP contribution in [0.5, 0.6) is 0 Å². The zero-order valence-electron chi connectivity index (χ0n) is 27.2. The number of allylic oxidation sites excluding steroid dienone is 1. The largest absolute Gasteiger partial charge is 0.463 e. The number of carbonyl (C=O) groups is 4. The fourth-order valence-corrected chi connectivity index (χ4v) is 8.08. The van der Waals surface area contributed by atoms with Crippen molar-refractivity contribution in [3.05, 3.63) is 61.2 Å². The SMILES string of the molecule is C=CCCC(=O)OC[C@@H](NC(=O)[C@H]1[C@@H]2O[C@@]3(CC2Br)[C@@H]1C(=O)N(CCCCCO)[C@@H]3C(=O)N(CC=C)C(C)(C)C)c1ccccc1. The predicted octanol–water partition coefficient (Wildman–Crippen LogP) is 4.08. The Bertz CT molecular complexity index is 1280. The van der Waals surface area contributed by atoms with Crippen LogP contribution in [0, 0.1) is 11.8 Å². The summed E-state index contributed by atoms with van der Waals surface area (Å²) in [6.07, 6.45) is 5.63. The summed E-state index contributed by atoms with van der Waals surface area (Å²) in [5.41, 5.74) is -1.00. The molecule has 2 bridgehead atoms. The first-order valence-electron chi connectivity index (χ1n) is 16.2. The highest BCUT2D eigenvalue weighted by Crippen LogP contribution is 2.60. The van der Waals surface area contributed by atoms with E-state index in [1.54, 1.807) is 22.0 Å². The van der Waals surface area contributed by atoms with Gasteiger partial charge in [0.1, 0.15) is 18.2 Å². The van der Waals surface area contributed by atoms with Crippen molar-refractivity contribution >= 4 is 39.6 Å². The number of rotatable bonds is 16. The summed E-state index contributed by atoms with van der Waals surface area (Å²) < 4.78 is 12.2. The van der Waals surface area contributed by atoms with Gasteiger partial charge in [-0.05, 0) is 58.4 Å². The molecule has 1 aromatic rings. The molecule has 7 atom stereocenters. The van der Waals surface area contributed by atoms with Gasteiger partial charge in [0.2, 0.25) is 17.7 Å². The van der Waals surface area contributed by atoms with E-state index in [9.17, 15) is 24.3 Å². The maximum absolute atomic E-state index is 14.5. The van der Waals surface area contributed by atoms with Crippen LogP contribution in [0.2, 0.25) is 0 Å². The smallest absolute Gasteiger partial charge is 0.306 e. The zero-order valence-corrected chi connectivity index (χ0v) is 28.7. The van der Waals surface area contributed by atoms with Crippen LogP contribution in [0.3, 0.4) is 0 Å². The van der Waals surface area contributed by atoms with E-state index >= 15 is 0 Å². The molecule has 3 amide bonds. The topological polar surface area (TPSA) is 125 Å². The fraction of sp³-hybridized carbons (Fsp3) is 0.600. The first-order chi connectivity index (χ1) is 21.9. The number of nitrogens with zero attached hydrogens (tertiary/aromatic N) is 2. The van der Waals surface area contributed by atoms with Gasteiger partial charge in [-0.25, -0.2) is 0 Å². The first-order valence-corrected chi connectivity index (χ1v) is 17.1. The number of fused-ring (bicyclic) bond motifs is 1. The average molecular weight is 703 g/mol. The van der Waals surface area contributed by atoms with Crippen molar-refractivity contribution in [2.24, 2.45) is 11.8 Å². The van der Waals surface area contributed by atoms with Crippen molar-refractivity contribution in [3.8, 4) is 0 Å². The molecule has 1 spiro atoms. The first kappa shape index (κ1) is 35.8. The molecule has 2 N–H and O–H groups in total. The van der Waals surface area contributed by atoms with E-state index in [2.05, 4.69) is 34.4 Å². The minimum absolute atomic E-state index is 0.0461. The highest BCUT2D eigenvalue weighted by molar-refractivity contribution is 9.09. The molecule has 1 aromatic carbocycles. The number of benzene rings is 1. The number of carbonyl (C=O) groups excluding carboxylic acids is 4. The molecule has 4 rings (SSSR count). The third-order valence-electron chi connectivity index (χ3n) is 9.25. The maximum Gasteiger partial charge on any atom is 0.306 e. The van der Waals surface area contributed by atoms with E-state index in [4.69, 9.17) is 9.47 Å². The normalized spacial score (nSPS) is 27.2. The molecule has 0 radical (unpaired) electrons. The third-order valence-corrected chi connectivity index (χ3v) is 10.1. The fourth-order valence-electron chi connectivity index (χ4n) is 7.13. The Morgan fingerprint density at radius 2 is 1.91 bits per heavy atom. The van der Waals surface area contributed by atoms with E-state index in [0.29, 0.717) is 45.2 Å². The standard InChI is InChI=1S/C35H48BrN3O7/c1-6-8-17-26(41)45-22-25(23-15-11-9-12-16-23)37-31(42)27-28-32(43)38(19-13-10-14-20-40)30(35(28)21-24(36)29(27)46-35)33(44)39(18-7-2)34(3,4)5/h6-7,9,11-12,15-16,24-25,27-30,40H,1-2,8,10,13-14,17-22H2,3-5H3,(H,37,42)/t24?,25-,27-,28+,29-,30-,35+/m1/s1. The summed E-state index contributed by atoms with van der Waals surface area (Å²) >= 11 is 3.74. The molecular formula is C35H48BrN3O7. The number of hydrogen-bond acceptors (Lipinski definition) is 7. The second-order valence-electron chi connectivity index (χ2n) is 13.4. The van der Waals surface area contributed by atoms with Crippen LogP contribution in [-0.4, -0.2) is 93.0 Å². The van der Waals surface area contributed by atoms with E-state index in [1.165, 1.54) is 0 Å². The quantitative estimate of drug-likeness (QED) is 0.115. The molecule has 3 saturated heterocycles. The summed E-state index contributed by atoms with van der Waals surface area (Å²) in [5, 5.41) is 12.4. The minimum atomic E-state index is -1.20. The second kappa shape index (κ2) is 15.3. The molecule has 46 heavy (non-hydrogen) atoms. The van der Waals surface area contributed by atoms with Crippen molar-refractivity contribution < 1.29 is 33.8 Å². The van der Waals surface area contributed by atoms with Crippen LogP contribution in [0.15, 0.2) is 55.6 Å². The summed E-state index contributed by atoms with van der Waals surface area (Å²) in [6, 6.07) is 7.66. The Balaban J connectivity index is 1.67. The number of hydrogen-bond donors (Lipinski definition) is 2. The number of aliphatic hydroxyl groups excluding tert-OH is 1. The minimum Gasteiger partial charge on any atom is -0.463 e. The van der Waals surface area contributed by atoms with Gasteiger partial charge in [0, 0.05) is 36.5 Å². The third kappa shape index (κ3) is 7.26. The van der Waals surface area contributed by atoms with E-state index in [0.717, 1.165) is 5.56 Å². The number of halogens is 1. The van der Waals surface area contributed by atoms with Gasteiger partial charge < -0.3 is 29.7 Å². The lowest BCUT2D eigenvalue weighted by molar-refractivity contribution is -0.151. The Kier molecular flexibility index (Phi) is 11.9. The van der Waals surface area contributed by atoms with Crippen LogP contribution in [-0.2, 0) is 28.7 Å². The Morgan fingerprint density at radius 1 is 1.20 bits per heavy atom. The van der Waals surface area contributed by atoms with Gasteiger partial charge in [-0.2, -0.15) is 0 Å². The molecule has 0 aliphatic carbocycles. The van der Waals surface area contributed by atoms with Crippen LogP contribution in [0.1, 0.15) is 70.9 Å². The highest BCUT2D eigenvalue weighted by Gasteiger charge is 2.76. The Morgan fingerprint density at radius 3 is 2.54 bits per heavy atom. The predicted molar refractivity (Wildman–Crippen MR) is 178 cm³/mol. The monoisotopic (exact) mass is 701 g/mol. The number of likely N-dealkylation sites (tertiary alicyclic amines) is 1. The molecule has 10 nitrogen and oxygen atoms in total. The molecular weight excluding hydrogens is 654 g/mol. The lowest BCUT2D eigenvalue weighted by Crippen LogP contribution is -2.60. The van der Waals surface area contributed by atoms with Crippen molar-refractivity contribution in [3.63, 3.8) is 0 Å². The van der Waals surface area contributed by atoms with E-state index in [1.807, 2.05) is 51.1 Å². The zero-order chi connectivity index (χ0) is 33.6.